The van der Waals surface area contributed by atoms with Crippen LogP contribution in [0, 0.1) is 23.7 Å². The van der Waals surface area contributed by atoms with Crippen LogP contribution in [0.4, 0.5) is 0 Å². The van der Waals surface area contributed by atoms with E-state index in [1.165, 1.54) is 4.31 Å². The average Bonchev–Trinajstić information content (AvgIpc) is 2.90. The Morgan fingerprint density at radius 1 is 1.19 bits per heavy atom. The van der Waals surface area contributed by atoms with Crippen LogP contribution in [0.25, 0.3) is 0 Å². The van der Waals surface area contributed by atoms with E-state index in [4.69, 9.17) is 9.47 Å². The van der Waals surface area contributed by atoms with Crippen molar-refractivity contribution in [3.05, 3.63) is 53.9 Å². The number of fused-ring (bicyclic) bond motifs is 1. The summed E-state index contributed by atoms with van der Waals surface area (Å²) in [7, 11) is -1.79. The number of sulfonamides is 1. The summed E-state index contributed by atoms with van der Waals surface area (Å²) in [6, 6.07) is 8.11. The van der Waals surface area contributed by atoms with Crippen molar-refractivity contribution in [2.45, 2.75) is 43.7 Å². The van der Waals surface area contributed by atoms with Gasteiger partial charge >= 0.3 is 0 Å². The van der Waals surface area contributed by atoms with E-state index >= 15 is 0 Å². The quantitative estimate of drug-likeness (QED) is 0.578. The van der Waals surface area contributed by atoms with E-state index in [1.54, 1.807) is 37.5 Å². The zero-order valence-corrected chi connectivity index (χ0v) is 22.7. The first-order valence-corrected chi connectivity index (χ1v) is 14.3. The third-order valence-corrected chi connectivity index (χ3v) is 9.10. The molecule has 0 spiro atoms. The van der Waals surface area contributed by atoms with Crippen molar-refractivity contribution in [2.75, 3.05) is 46.5 Å². The summed E-state index contributed by atoms with van der Waals surface area (Å²) in [5, 5.41) is 9.85. The van der Waals surface area contributed by atoms with E-state index in [-0.39, 0.29) is 30.1 Å². The Hall–Kier alpha value is -2.48. The summed E-state index contributed by atoms with van der Waals surface area (Å²) < 4.78 is 40.7. The molecule has 1 aromatic heterocycles. The first-order chi connectivity index (χ1) is 17.8. The third-order valence-electron chi connectivity index (χ3n) is 7.08. The SMILES string of the molecule is C[C@@H]1CN([C@@H](C)CO)S(=O)(=O)c2ccc(C#Cc3cccnc3)cc2O[C@H]1CN(C)CC1CCOCC1. The molecule has 1 N–H and O–H groups in total. The van der Waals surface area contributed by atoms with Crippen LogP contribution in [0.1, 0.15) is 37.8 Å². The Bertz CT molecular complexity index is 1210. The predicted octanol–water partition coefficient (Wildman–Crippen LogP) is 2.61. The molecule has 0 radical (unpaired) electrons. The van der Waals surface area contributed by atoms with Crippen LogP contribution in [0.2, 0.25) is 0 Å². The number of likely N-dealkylation sites (N-methyl/N-ethyl adjacent to an activating group) is 1. The Labute approximate surface area is 220 Å². The molecular formula is C28H37N3O5S. The molecule has 1 fully saturated rings. The average molecular weight is 528 g/mol. The molecule has 0 saturated carbocycles. The maximum Gasteiger partial charge on any atom is 0.247 e. The van der Waals surface area contributed by atoms with Gasteiger partial charge < -0.3 is 19.5 Å². The second-order valence-electron chi connectivity index (χ2n) is 10.2. The lowest BCUT2D eigenvalue weighted by atomic mass is 9.98. The van der Waals surface area contributed by atoms with Crippen LogP contribution in [0.3, 0.4) is 0 Å². The van der Waals surface area contributed by atoms with Gasteiger partial charge in [0.25, 0.3) is 0 Å². The van der Waals surface area contributed by atoms with Gasteiger partial charge in [-0.1, -0.05) is 18.8 Å². The minimum atomic E-state index is -3.88. The summed E-state index contributed by atoms with van der Waals surface area (Å²) in [5.74, 6) is 6.95. The van der Waals surface area contributed by atoms with Crippen LogP contribution in [0.5, 0.6) is 5.75 Å². The summed E-state index contributed by atoms with van der Waals surface area (Å²) in [5.41, 5.74) is 1.43. The Kier molecular flexibility index (Phi) is 9.22. The van der Waals surface area contributed by atoms with Crippen molar-refractivity contribution in [3.63, 3.8) is 0 Å². The molecule has 8 nitrogen and oxygen atoms in total. The number of aliphatic hydroxyl groups is 1. The van der Waals surface area contributed by atoms with E-state index in [2.05, 4.69) is 28.8 Å². The van der Waals surface area contributed by atoms with E-state index in [0.717, 1.165) is 38.2 Å². The highest BCUT2D eigenvalue weighted by molar-refractivity contribution is 7.89. The molecule has 2 aliphatic rings. The molecule has 2 aromatic rings. The van der Waals surface area contributed by atoms with E-state index < -0.39 is 16.1 Å². The van der Waals surface area contributed by atoms with Gasteiger partial charge in [0, 0.05) is 68.3 Å². The van der Waals surface area contributed by atoms with Gasteiger partial charge in [-0.15, -0.1) is 0 Å². The minimum Gasteiger partial charge on any atom is -0.487 e. The highest BCUT2D eigenvalue weighted by Gasteiger charge is 2.38. The fraction of sp³-hybridized carbons (Fsp3) is 0.536. The van der Waals surface area contributed by atoms with E-state index in [1.807, 2.05) is 19.1 Å². The molecule has 3 heterocycles. The van der Waals surface area contributed by atoms with Crippen LogP contribution >= 0.6 is 0 Å². The lowest BCUT2D eigenvalue weighted by Gasteiger charge is -2.38. The molecule has 37 heavy (non-hydrogen) atoms. The van der Waals surface area contributed by atoms with Gasteiger partial charge in [0.2, 0.25) is 10.0 Å². The predicted molar refractivity (Wildman–Crippen MR) is 142 cm³/mol. The number of benzene rings is 1. The molecule has 4 rings (SSSR count). The van der Waals surface area contributed by atoms with Gasteiger partial charge in [-0.2, -0.15) is 4.31 Å². The number of nitrogens with zero attached hydrogens (tertiary/aromatic N) is 3. The fourth-order valence-corrected chi connectivity index (χ4v) is 6.68. The molecular weight excluding hydrogens is 490 g/mol. The van der Waals surface area contributed by atoms with Crippen molar-refractivity contribution in [3.8, 4) is 17.6 Å². The molecule has 0 amide bonds. The standard InChI is InChI=1S/C28H37N3O5S/c1-21-17-31(22(2)20-32)37(33,34)28-9-8-23(6-7-24-5-4-12-29-16-24)15-26(28)36-27(21)19-30(3)18-25-10-13-35-14-11-25/h4-5,8-9,12,15-16,21-22,25,27,32H,10-11,13-14,17-20H2,1-3H3/t21-,22+,27+/m1/s1. The second-order valence-corrected chi connectivity index (χ2v) is 12.0. The number of rotatable bonds is 6. The number of aromatic nitrogens is 1. The molecule has 0 aliphatic carbocycles. The topological polar surface area (TPSA) is 92.2 Å². The Morgan fingerprint density at radius 2 is 1.95 bits per heavy atom. The van der Waals surface area contributed by atoms with Crippen LogP contribution < -0.4 is 4.74 Å². The van der Waals surface area contributed by atoms with E-state index in [9.17, 15) is 13.5 Å². The summed E-state index contributed by atoms with van der Waals surface area (Å²) in [6.45, 7) is 6.95. The molecule has 0 unspecified atom stereocenters. The van der Waals surface area contributed by atoms with Gasteiger partial charge in [0.15, 0.2) is 0 Å². The number of hydrogen-bond donors (Lipinski definition) is 1. The minimum absolute atomic E-state index is 0.0980. The smallest absolute Gasteiger partial charge is 0.247 e. The zero-order valence-electron chi connectivity index (χ0n) is 21.8. The van der Waals surface area contributed by atoms with Crippen molar-refractivity contribution in [1.29, 1.82) is 0 Å². The van der Waals surface area contributed by atoms with E-state index in [0.29, 0.717) is 23.8 Å². The second kappa shape index (κ2) is 12.4. The molecule has 0 bridgehead atoms. The van der Waals surface area contributed by atoms with Crippen molar-refractivity contribution < 1.29 is 23.0 Å². The maximum absolute atomic E-state index is 13.7. The van der Waals surface area contributed by atoms with Crippen molar-refractivity contribution in [2.24, 2.45) is 11.8 Å². The number of hydrogen-bond acceptors (Lipinski definition) is 7. The first kappa shape index (κ1) is 27.6. The van der Waals surface area contributed by atoms with Crippen molar-refractivity contribution in [1.82, 2.24) is 14.2 Å². The largest absolute Gasteiger partial charge is 0.487 e. The number of ether oxygens (including phenoxy) is 2. The van der Waals surface area contributed by atoms with Gasteiger partial charge in [-0.3, -0.25) is 4.98 Å². The lowest BCUT2D eigenvalue weighted by molar-refractivity contribution is 0.0402. The highest BCUT2D eigenvalue weighted by atomic mass is 32.2. The molecule has 9 heteroatoms. The van der Waals surface area contributed by atoms with Gasteiger partial charge in [-0.05, 0) is 63.1 Å². The Morgan fingerprint density at radius 3 is 2.65 bits per heavy atom. The van der Waals surface area contributed by atoms with Gasteiger partial charge in [-0.25, -0.2) is 8.42 Å². The monoisotopic (exact) mass is 527 g/mol. The normalized spacial score (nSPS) is 23.2. The summed E-state index contributed by atoms with van der Waals surface area (Å²) in [6.07, 6.45) is 5.23. The Balaban J connectivity index is 1.65. The molecule has 3 atom stereocenters. The van der Waals surface area contributed by atoms with Crippen molar-refractivity contribution >= 4 is 10.0 Å². The van der Waals surface area contributed by atoms with Gasteiger partial charge in [0.05, 0.1) is 6.61 Å². The van der Waals surface area contributed by atoms with Crippen LogP contribution in [0.15, 0.2) is 47.6 Å². The lowest BCUT2D eigenvalue weighted by Crippen LogP contribution is -2.50. The number of pyridine rings is 1. The third kappa shape index (κ3) is 6.89. The molecule has 200 valence electrons. The highest BCUT2D eigenvalue weighted by Crippen LogP contribution is 2.34. The molecule has 1 saturated heterocycles. The summed E-state index contributed by atoms with van der Waals surface area (Å²) in [4.78, 5) is 6.46. The van der Waals surface area contributed by atoms with Crippen LogP contribution in [-0.2, 0) is 14.8 Å². The van der Waals surface area contributed by atoms with Crippen LogP contribution in [-0.4, -0.2) is 86.4 Å². The number of aliphatic hydroxyl groups excluding tert-OH is 1. The fourth-order valence-electron chi connectivity index (χ4n) is 4.85. The summed E-state index contributed by atoms with van der Waals surface area (Å²) >= 11 is 0. The first-order valence-electron chi connectivity index (χ1n) is 12.9. The molecule has 2 aliphatic heterocycles. The maximum atomic E-state index is 13.7. The zero-order chi connectivity index (χ0) is 26.4. The molecule has 1 aromatic carbocycles. The van der Waals surface area contributed by atoms with Gasteiger partial charge in [0.1, 0.15) is 16.7 Å².